The number of aryl methyl sites for hydroxylation is 1. The summed E-state index contributed by atoms with van der Waals surface area (Å²) in [5.41, 5.74) is 2.09. The number of methoxy groups -OCH3 is 1. The summed E-state index contributed by atoms with van der Waals surface area (Å²) in [6.07, 6.45) is 0. The van der Waals surface area contributed by atoms with Gasteiger partial charge in [-0.25, -0.2) is 0 Å². The Morgan fingerprint density at radius 1 is 1.56 bits per heavy atom. The first-order valence-corrected chi connectivity index (χ1v) is 5.14. The highest BCUT2D eigenvalue weighted by atomic mass is 16.5. The summed E-state index contributed by atoms with van der Waals surface area (Å²) in [6.45, 7) is 4.09. The van der Waals surface area contributed by atoms with Crippen LogP contribution in [0.3, 0.4) is 0 Å². The molecule has 0 aliphatic carbocycles. The summed E-state index contributed by atoms with van der Waals surface area (Å²) >= 11 is 0. The minimum absolute atomic E-state index is 0.484. The summed E-state index contributed by atoms with van der Waals surface area (Å²) in [4.78, 5) is 10.6. The monoisotopic (exact) mass is 223 g/mol. The maximum Gasteiger partial charge on any atom is 0.320 e. The Morgan fingerprint density at radius 2 is 2.25 bits per heavy atom. The van der Waals surface area contributed by atoms with Crippen LogP contribution in [0.5, 0.6) is 5.75 Å². The molecule has 0 aliphatic rings. The molecule has 1 aromatic rings. The van der Waals surface area contributed by atoms with E-state index < -0.39 is 12.0 Å². The van der Waals surface area contributed by atoms with Crippen LogP contribution in [-0.2, 0) is 11.3 Å². The Balaban J connectivity index is 2.72. The molecule has 2 N–H and O–H groups in total. The zero-order valence-corrected chi connectivity index (χ0v) is 9.78. The minimum Gasteiger partial charge on any atom is -0.496 e. The van der Waals surface area contributed by atoms with Crippen molar-refractivity contribution in [1.29, 1.82) is 0 Å². The molecule has 0 spiro atoms. The number of ether oxygens (including phenoxy) is 1. The van der Waals surface area contributed by atoms with E-state index >= 15 is 0 Å². The Kier molecular flexibility index (Phi) is 4.31. The number of aliphatic carboxylic acids is 1. The SMILES string of the molecule is COc1ccc(C)cc1CN[C@@H](C)C(=O)O. The van der Waals surface area contributed by atoms with Crippen molar-refractivity contribution in [3.05, 3.63) is 29.3 Å². The lowest BCUT2D eigenvalue weighted by Crippen LogP contribution is -2.33. The average Bonchev–Trinajstić information content (AvgIpc) is 2.25. The maximum atomic E-state index is 10.6. The fourth-order valence-corrected chi connectivity index (χ4v) is 1.40. The number of benzene rings is 1. The molecule has 0 bridgehead atoms. The second kappa shape index (κ2) is 5.51. The van der Waals surface area contributed by atoms with Gasteiger partial charge in [-0.1, -0.05) is 17.7 Å². The van der Waals surface area contributed by atoms with Gasteiger partial charge in [0.05, 0.1) is 7.11 Å². The average molecular weight is 223 g/mol. The van der Waals surface area contributed by atoms with Crippen molar-refractivity contribution in [2.24, 2.45) is 0 Å². The van der Waals surface area contributed by atoms with Crippen LogP contribution >= 0.6 is 0 Å². The largest absolute Gasteiger partial charge is 0.496 e. The molecule has 88 valence electrons. The molecule has 0 saturated carbocycles. The van der Waals surface area contributed by atoms with E-state index in [1.807, 2.05) is 25.1 Å². The lowest BCUT2D eigenvalue weighted by atomic mass is 10.1. The standard InChI is InChI=1S/C12H17NO3/c1-8-4-5-11(16-3)10(6-8)7-13-9(2)12(14)15/h4-6,9,13H,7H2,1-3H3,(H,14,15)/t9-/m0/s1. The Labute approximate surface area is 95.2 Å². The highest BCUT2D eigenvalue weighted by Crippen LogP contribution is 2.19. The van der Waals surface area contributed by atoms with Crippen molar-refractivity contribution in [2.75, 3.05) is 7.11 Å². The number of carbonyl (C=O) groups is 1. The molecule has 0 radical (unpaired) electrons. The van der Waals surface area contributed by atoms with Crippen LogP contribution in [0.2, 0.25) is 0 Å². The Hall–Kier alpha value is -1.55. The van der Waals surface area contributed by atoms with Gasteiger partial charge < -0.3 is 15.2 Å². The number of rotatable bonds is 5. The van der Waals surface area contributed by atoms with Crippen molar-refractivity contribution in [2.45, 2.75) is 26.4 Å². The van der Waals surface area contributed by atoms with Crippen LogP contribution in [0.1, 0.15) is 18.1 Å². The van der Waals surface area contributed by atoms with Gasteiger partial charge in [0.15, 0.2) is 0 Å². The maximum absolute atomic E-state index is 10.6. The van der Waals surface area contributed by atoms with Crippen molar-refractivity contribution in [3.8, 4) is 5.75 Å². The lowest BCUT2D eigenvalue weighted by Gasteiger charge is -2.12. The zero-order valence-electron chi connectivity index (χ0n) is 9.78. The number of hydrogen-bond donors (Lipinski definition) is 2. The van der Waals surface area contributed by atoms with Gasteiger partial charge in [-0.15, -0.1) is 0 Å². The van der Waals surface area contributed by atoms with E-state index in [1.54, 1.807) is 14.0 Å². The third kappa shape index (κ3) is 3.24. The van der Waals surface area contributed by atoms with Crippen molar-refractivity contribution < 1.29 is 14.6 Å². The van der Waals surface area contributed by atoms with Crippen LogP contribution in [0, 0.1) is 6.92 Å². The predicted molar refractivity (Wildman–Crippen MR) is 61.7 cm³/mol. The number of nitrogens with one attached hydrogen (secondary N) is 1. The van der Waals surface area contributed by atoms with Gasteiger partial charge in [0.1, 0.15) is 11.8 Å². The van der Waals surface area contributed by atoms with Gasteiger partial charge in [-0.05, 0) is 19.9 Å². The van der Waals surface area contributed by atoms with E-state index in [4.69, 9.17) is 9.84 Å². The van der Waals surface area contributed by atoms with Crippen molar-refractivity contribution in [1.82, 2.24) is 5.32 Å². The van der Waals surface area contributed by atoms with Crippen LogP contribution in [0.15, 0.2) is 18.2 Å². The van der Waals surface area contributed by atoms with E-state index in [-0.39, 0.29) is 0 Å². The normalized spacial score (nSPS) is 12.2. The summed E-state index contributed by atoms with van der Waals surface area (Å²) in [6, 6.07) is 5.27. The fourth-order valence-electron chi connectivity index (χ4n) is 1.40. The lowest BCUT2D eigenvalue weighted by molar-refractivity contribution is -0.139. The summed E-state index contributed by atoms with van der Waals surface area (Å²) in [5.74, 6) is -0.0812. The molecule has 0 amide bonds. The first-order chi connectivity index (χ1) is 7.54. The number of carboxylic acid groups (broad SMARTS) is 1. The highest BCUT2D eigenvalue weighted by Gasteiger charge is 2.11. The molecule has 0 aliphatic heterocycles. The molecule has 0 aromatic heterocycles. The topological polar surface area (TPSA) is 58.6 Å². The molecule has 0 saturated heterocycles. The van der Waals surface area contributed by atoms with E-state index in [9.17, 15) is 4.79 Å². The van der Waals surface area contributed by atoms with Crippen LogP contribution < -0.4 is 10.1 Å². The highest BCUT2D eigenvalue weighted by molar-refractivity contribution is 5.72. The van der Waals surface area contributed by atoms with Crippen molar-refractivity contribution in [3.63, 3.8) is 0 Å². The van der Waals surface area contributed by atoms with Crippen LogP contribution in [-0.4, -0.2) is 24.2 Å². The molecule has 1 rings (SSSR count). The summed E-state index contributed by atoms with van der Waals surface area (Å²) in [5, 5.41) is 11.7. The minimum atomic E-state index is -0.855. The van der Waals surface area contributed by atoms with E-state index in [0.29, 0.717) is 6.54 Å². The van der Waals surface area contributed by atoms with Gasteiger partial charge in [-0.3, -0.25) is 4.79 Å². The summed E-state index contributed by atoms with van der Waals surface area (Å²) < 4.78 is 5.21. The third-order valence-corrected chi connectivity index (χ3v) is 2.41. The predicted octanol–water partition coefficient (Wildman–Crippen LogP) is 1.57. The van der Waals surface area contributed by atoms with Gasteiger partial charge in [-0.2, -0.15) is 0 Å². The molecule has 1 aromatic carbocycles. The molecule has 0 unspecified atom stereocenters. The van der Waals surface area contributed by atoms with Gasteiger partial charge in [0.25, 0.3) is 0 Å². The van der Waals surface area contributed by atoms with E-state index in [2.05, 4.69) is 5.32 Å². The smallest absolute Gasteiger partial charge is 0.320 e. The van der Waals surface area contributed by atoms with Crippen LogP contribution in [0.25, 0.3) is 0 Å². The molecular formula is C12H17NO3. The summed E-state index contributed by atoms with van der Waals surface area (Å²) in [7, 11) is 1.61. The molecule has 16 heavy (non-hydrogen) atoms. The molecular weight excluding hydrogens is 206 g/mol. The first kappa shape index (κ1) is 12.5. The van der Waals surface area contributed by atoms with Crippen LogP contribution in [0.4, 0.5) is 0 Å². The molecule has 0 fully saturated rings. The van der Waals surface area contributed by atoms with E-state index in [0.717, 1.165) is 16.9 Å². The second-order valence-corrected chi connectivity index (χ2v) is 3.76. The number of carboxylic acids is 1. The molecule has 1 atom stereocenters. The van der Waals surface area contributed by atoms with Crippen molar-refractivity contribution >= 4 is 5.97 Å². The van der Waals surface area contributed by atoms with Gasteiger partial charge in [0.2, 0.25) is 0 Å². The molecule has 4 heteroatoms. The number of hydrogen-bond acceptors (Lipinski definition) is 3. The Morgan fingerprint density at radius 3 is 2.81 bits per heavy atom. The second-order valence-electron chi connectivity index (χ2n) is 3.76. The zero-order chi connectivity index (χ0) is 12.1. The fraction of sp³-hybridized carbons (Fsp3) is 0.417. The quantitative estimate of drug-likeness (QED) is 0.795. The van der Waals surface area contributed by atoms with E-state index in [1.165, 1.54) is 0 Å². The molecule has 4 nitrogen and oxygen atoms in total. The first-order valence-electron chi connectivity index (χ1n) is 5.14. The van der Waals surface area contributed by atoms with Gasteiger partial charge in [0, 0.05) is 12.1 Å². The Bertz CT molecular complexity index is 377. The van der Waals surface area contributed by atoms with Gasteiger partial charge >= 0.3 is 5.97 Å². The molecule has 0 heterocycles. The third-order valence-electron chi connectivity index (χ3n) is 2.41.